The quantitative estimate of drug-likeness (QED) is 0.825. The molecule has 22 heavy (non-hydrogen) atoms. The van der Waals surface area contributed by atoms with Crippen LogP contribution in [0.3, 0.4) is 0 Å². The van der Waals surface area contributed by atoms with Gasteiger partial charge in [0.15, 0.2) is 0 Å². The Morgan fingerprint density at radius 2 is 2.09 bits per heavy atom. The Labute approximate surface area is 130 Å². The third-order valence-electron chi connectivity index (χ3n) is 3.21. The Kier molecular flexibility index (Phi) is 5.72. The van der Waals surface area contributed by atoms with Gasteiger partial charge < -0.3 is 10.1 Å². The van der Waals surface area contributed by atoms with Gasteiger partial charge in [-0.15, -0.1) is 0 Å². The van der Waals surface area contributed by atoms with Gasteiger partial charge in [-0.3, -0.25) is 4.79 Å². The minimum absolute atomic E-state index is 0.163. The monoisotopic (exact) mass is 301 g/mol. The molecule has 1 heterocycles. The fourth-order valence-corrected chi connectivity index (χ4v) is 2.05. The van der Waals surface area contributed by atoms with Gasteiger partial charge >= 0.3 is 0 Å². The minimum Gasteiger partial charge on any atom is -0.493 e. The van der Waals surface area contributed by atoms with Crippen molar-refractivity contribution in [3.8, 4) is 17.0 Å². The van der Waals surface area contributed by atoms with Crippen LogP contribution in [-0.2, 0) is 6.54 Å². The van der Waals surface area contributed by atoms with Crippen LogP contribution in [0.4, 0.5) is 0 Å². The SMILES string of the molecule is CCCOc1ccccc1-c1cc(CNC(C)C)c(=O)[nH]n1. The van der Waals surface area contributed by atoms with Crippen molar-refractivity contribution in [1.29, 1.82) is 0 Å². The lowest BCUT2D eigenvalue weighted by Gasteiger charge is -2.11. The predicted molar refractivity (Wildman–Crippen MR) is 88.1 cm³/mol. The zero-order chi connectivity index (χ0) is 15.9. The average molecular weight is 301 g/mol. The van der Waals surface area contributed by atoms with Crippen molar-refractivity contribution in [2.75, 3.05) is 6.61 Å². The van der Waals surface area contributed by atoms with Crippen molar-refractivity contribution in [3.63, 3.8) is 0 Å². The summed E-state index contributed by atoms with van der Waals surface area (Å²) in [6.45, 7) is 7.33. The highest BCUT2D eigenvalue weighted by atomic mass is 16.5. The van der Waals surface area contributed by atoms with Gasteiger partial charge in [0.25, 0.3) is 5.56 Å². The number of benzene rings is 1. The Bertz CT molecular complexity index is 665. The molecule has 0 saturated heterocycles. The summed E-state index contributed by atoms with van der Waals surface area (Å²) in [4.78, 5) is 11.9. The highest BCUT2D eigenvalue weighted by molar-refractivity contribution is 5.67. The lowest BCUT2D eigenvalue weighted by Crippen LogP contribution is -2.26. The van der Waals surface area contributed by atoms with Gasteiger partial charge in [0.2, 0.25) is 0 Å². The van der Waals surface area contributed by atoms with E-state index in [-0.39, 0.29) is 5.56 Å². The van der Waals surface area contributed by atoms with E-state index in [4.69, 9.17) is 4.74 Å². The molecular weight excluding hydrogens is 278 g/mol. The molecule has 0 spiro atoms. The summed E-state index contributed by atoms with van der Waals surface area (Å²) >= 11 is 0. The first-order chi connectivity index (χ1) is 10.6. The van der Waals surface area contributed by atoms with E-state index in [0.29, 0.717) is 30.5 Å². The molecular formula is C17H23N3O2. The maximum atomic E-state index is 11.9. The summed E-state index contributed by atoms with van der Waals surface area (Å²) < 4.78 is 5.76. The zero-order valence-electron chi connectivity index (χ0n) is 13.3. The molecule has 118 valence electrons. The summed E-state index contributed by atoms with van der Waals surface area (Å²) in [6.07, 6.45) is 0.941. The topological polar surface area (TPSA) is 67.0 Å². The highest BCUT2D eigenvalue weighted by Crippen LogP contribution is 2.28. The van der Waals surface area contributed by atoms with Crippen molar-refractivity contribution >= 4 is 0 Å². The van der Waals surface area contributed by atoms with E-state index in [0.717, 1.165) is 17.7 Å². The van der Waals surface area contributed by atoms with Gasteiger partial charge in [-0.1, -0.05) is 32.9 Å². The first-order valence-electron chi connectivity index (χ1n) is 7.66. The molecule has 2 aromatic rings. The molecule has 0 aliphatic rings. The molecule has 0 radical (unpaired) electrons. The molecule has 5 nitrogen and oxygen atoms in total. The third kappa shape index (κ3) is 4.18. The zero-order valence-corrected chi connectivity index (χ0v) is 13.3. The standard InChI is InChI=1S/C17H23N3O2/c1-4-9-22-16-8-6-5-7-14(16)15-10-13(11-18-12(2)3)17(21)20-19-15/h5-8,10,12,18H,4,9,11H2,1-3H3,(H,20,21). The highest BCUT2D eigenvalue weighted by Gasteiger charge is 2.10. The predicted octanol–water partition coefficient (Wildman–Crippen LogP) is 2.72. The molecule has 0 atom stereocenters. The van der Waals surface area contributed by atoms with E-state index in [9.17, 15) is 4.79 Å². The van der Waals surface area contributed by atoms with E-state index in [2.05, 4.69) is 22.4 Å². The molecule has 0 saturated carbocycles. The number of para-hydroxylation sites is 1. The van der Waals surface area contributed by atoms with Crippen LogP contribution in [0.15, 0.2) is 35.1 Å². The largest absolute Gasteiger partial charge is 0.493 e. The van der Waals surface area contributed by atoms with Gasteiger partial charge in [0, 0.05) is 23.7 Å². The first kappa shape index (κ1) is 16.2. The number of H-pyrrole nitrogens is 1. The number of nitrogens with one attached hydrogen (secondary N) is 2. The number of aromatic amines is 1. The Morgan fingerprint density at radius 3 is 2.82 bits per heavy atom. The van der Waals surface area contributed by atoms with Gasteiger partial charge in [-0.2, -0.15) is 5.10 Å². The molecule has 0 bridgehead atoms. The van der Waals surface area contributed by atoms with Crippen LogP contribution in [0.2, 0.25) is 0 Å². The summed E-state index contributed by atoms with van der Waals surface area (Å²) in [5.74, 6) is 0.784. The number of hydrogen-bond acceptors (Lipinski definition) is 4. The average Bonchev–Trinajstić information content (AvgIpc) is 2.52. The fourth-order valence-electron chi connectivity index (χ4n) is 2.05. The van der Waals surface area contributed by atoms with E-state index in [1.165, 1.54) is 0 Å². The second-order valence-corrected chi connectivity index (χ2v) is 5.49. The van der Waals surface area contributed by atoms with Crippen molar-refractivity contribution < 1.29 is 4.74 Å². The molecule has 0 amide bonds. The minimum atomic E-state index is -0.163. The fraction of sp³-hybridized carbons (Fsp3) is 0.412. The molecule has 2 rings (SSSR count). The van der Waals surface area contributed by atoms with E-state index in [1.54, 1.807) is 0 Å². The van der Waals surface area contributed by atoms with Gasteiger partial charge in [-0.25, -0.2) is 5.10 Å². The normalized spacial score (nSPS) is 10.9. The second kappa shape index (κ2) is 7.75. The Hall–Kier alpha value is -2.14. The Balaban J connectivity index is 2.33. The summed E-state index contributed by atoms with van der Waals surface area (Å²) in [5, 5.41) is 9.98. The van der Waals surface area contributed by atoms with Gasteiger partial charge in [0.05, 0.1) is 12.3 Å². The van der Waals surface area contributed by atoms with Crippen molar-refractivity contribution in [2.24, 2.45) is 0 Å². The number of aromatic nitrogens is 2. The van der Waals surface area contributed by atoms with Crippen molar-refractivity contribution in [3.05, 3.63) is 46.2 Å². The summed E-state index contributed by atoms with van der Waals surface area (Å²) in [7, 11) is 0. The number of nitrogens with zero attached hydrogens (tertiary/aromatic N) is 1. The van der Waals surface area contributed by atoms with Crippen molar-refractivity contribution in [2.45, 2.75) is 39.8 Å². The van der Waals surface area contributed by atoms with E-state index >= 15 is 0 Å². The van der Waals surface area contributed by atoms with Crippen LogP contribution in [-0.4, -0.2) is 22.8 Å². The smallest absolute Gasteiger partial charge is 0.268 e. The van der Waals surface area contributed by atoms with Gasteiger partial charge in [0.1, 0.15) is 5.75 Å². The van der Waals surface area contributed by atoms with E-state index < -0.39 is 0 Å². The number of ether oxygens (including phenoxy) is 1. The first-order valence-corrected chi connectivity index (χ1v) is 7.66. The maximum Gasteiger partial charge on any atom is 0.268 e. The van der Waals surface area contributed by atoms with Crippen molar-refractivity contribution in [1.82, 2.24) is 15.5 Å². The lowest BCUT2D eigenvalue weighted by molar-refractivity contribution is 0.318. The number of hydrogen-bond donors (Lipinski definition) is 2. The molecule has 0 aliphatic heterocycles. The van der Waals surface area contributed by atoms with Crippen LogP contribution < -0.4 is 15.6 Å². The van der Waals surface area contributed by atoms with Crippen LogP contribution >= 0.6 is 0 Å². The van der Waals surface area contributed by atoms with E-state index in [1.807, 2.05) is 44.2 Å². The molecule has 1 aromatic heterocycles. The summed E-state index contributed by atoms with van der Waals surface area (Å²) in [6, 6.07) is 9.88. The van der Waals surface area contributed by atoms with Crippen LogP contribution in [0, 0.1) is 0 Å². The lowest BCUT2D eigenvalue weighted by atomic mass is 10.1. The molecule has 0 fully saturated rings. The van der Waals surface area contributed by atoms with Crippen LogP contribution in [0.5, 0.6) is 5.75 Å². The summed E-state index contributed by atoms with van der Waals surface area (Å²) in [5.41, 5.74) is 2.11. The maximum absolute atomic E-state index is 11.9. The third-order valence-corrected chi connectivity index (χ3v) is 3.21. The Morgan fingerprint density at radius 1 is 1.32 bits per heavy atom. The molecule has 0 unspecified atom stereocenters. The molecule has 5 heteroatoms. The van der Waals surface area contributed by atoms with Crippen LogP contribution in [0.25, 0.3) is 11.3 Å². The number of rotatable bonds is 7. The second-order valence-electron chi connectivity index (χ2n) is 5.49. The van der Waals surface area contributed by atoms with Crippen LogP contribution in [0.1, 0.15) is 32.8 Å². The molecule has 0 aliphatic carbocycles. The molecule has 2 N–H and O–H groups in total. The van der Waals surface area contributed by atoms with Gasteiger partial charge in [-0.05, 0) is 24.6 Å². The molecule has 1 aromatic carbocycles.